The van der Waals surface area contributed by atoms with Crippen LogP contribution in [-0.4, -0.2) is 36.7 Å². The Labute approximate surface area is 108 Å². The Bertz CT molecular complexity index is 448. The number of rotatable bonds is 2. The van der Waals surface area contributed by atoms with Gasteiger partial charge in [0, 0.05) is 24.2 Å². The van der Waals surface area contributed by atoms with E-state index in [0.717, 1.165) is 18.4 Å². The van der Waals surface area contributed by atoms with Crippen LogP contribution in [-0.2, 0) is 0 Å². The van der Waals surface area contributed by atoms with Crippen molar-refractivity contribution in [2.24, 2.45) is 0 Å². The number of ether oxygens (including phenoxy) is 1. The van der Waals surface area contributed by atoms with E-state index in [2.05, 4.69) is 34.5 Å². The molecule has 0 aromatic heterocycles. The Morgan fingerprint density at radius 2 is 2.11 bits per heavy atom. The fourth-order valence-electron chi connectivity index (χ4n) is 3.84. The van der Waals surface area contributed by atoms with E-state index >= 15 is 0 Å². The number of para-hydroxylation sites is 1. The third-order valence-corrected chi connectivity index (χ3v) is 4.72. The van der Waals surface area contributed by atoms with E-state index < -0.39 is 0 Å². The molecule has 3 unspecified atom stereocenters. The average Bonchev–Trinajstić information content (AvgIpc) is 3.08. The standard InChI is InChI=1S/C15H20N2O/c1-2-6-15-11(4-1)13(10-18-15)16-12-7-9-17-8-3-5-14(12)17/h1-2,4,6,12-14,16H,3,5,7-10H2. The maximum Gasteiger partial charge on any atom is 0.124 e. The lowest BCUT2D eigenvalue weighted by molar-refractivity contribution is 0.263. The molecule has 2 fully saturated rings. The monoisotopic (exact) mass is 244 g/mol. The molecule has 18 heavy (non-hydrogen) atoms. The van der Waals surface area contributed by atoms with Gasteiger partial charge in [-0.05, 0) is 31.9 Å². The molecule has 1 aromatic rings. The van der Waals surface area contributed by atoms with Crippen molar-refractivity contribution in [1.82, 2.24) is 10.2 Å². The molecule has 96 valence electrons. The molecule has 0 saturated carbocycles. The van der Waals surface area contributed by atoms with Gasteiger partial charge in [-0.25, -0.2) is 0 Å². The van der Waals surface area contributed by atoms with E-state index in [9.17, 15) is 0 Å². The van der Waals surface area contributed by atoms with Crippen LogP contribution < -0.4 is 10.1 Å². The van der Waals surface area contributed by atoms with Crippen molar-refractivity contribution in [3.05, 3.63) is 29.8 Å². The molecule has 3 atom stereocenters. The Hall–Kier alpha value is -1.06. The summed E-state index contributed by atoms with van der Waals surface area (Å²) in [6.07, 6.45) is 4.04. The summed E-state index contributed by atoms with van der Waals surface area (Å²) < 4.78 is 5.76. The number of hydrogen-bond donors (Lipinski definition) is 1. The highest BCUT2D eigenvalue weighted by Gasteiger charge is 2.39. The second-order valence-corrected chi connectivity index (χ2v) is 5.71. The quantitative estimate of drug-likeness (QED) is 0.860. The van der Waals surface area contributed by atoms with Crippen molar-refractivity contribution >= 4 is 0 Å². The lowest BCUT2D eigenvalue weighted by Crippen LogP contribution is -2.41. The van der Waals surface area contributed by atoms with E-state index in [4.69, 9.17) is 4.74 Å². The van der Waals surface area contributed by atoms with Gasteiger partial charge in [-0.15, -0.1) is 0 Å². The zero-order chi connectivity index (χ0) is 11.9. The van der Waals surface area contributed by atoms with Gasteiger partial charge < -0.3 is 10.1 Å². The summed E-state index contributed by atoms with van der Waals surface area (Å²) in [5, 5.41) is 3.84. The van der Waals surface area contributed by atoms with Crippen LogP contribution in [0.15, 0.2) is 24.3 Å². The van der Waals surface area contributed by atoms with Gasteiger partial charge in [-0.2, -0.15) is 0 Å². The first-order valence-corrected chi connectivity index (χ1v) is 7.13. The van der Waals surface area contributed by atoms with Crippen LogP contribution in [0, 0.1) is 0 Å². The summed E-state index contributed by atoms with van der Waals surface area (Å²) in [6, 6.07) is 10.3. The van der Waals surface area contributed by atoms with Crippen molar-refractivity contribution in [2.45, 2.75) is 37.4 Å². The van der Waals surface area contributed by atoms with Crippen molar-refractivity contribution in [2.75, 3.05) is 19.7 Å². The van der Waals surface area contributed by atoms with Crippen molar-refractivity contribution in [3.63, 3.8) is 0 Å². The number of fused-ring (bicyclic) bond motifs is 2. The van der Waals surface area contributed by atoms with E-state index in [1.807, 2.05) is 0 Å². The van der Waals surface area contributed by atoms with Crippen LogP contribution in [0.4, 0.5) is 0 Å². The highest BCUT2D eigenvalue weighted by Crippen LogP contribution is 2.35. The van der Waals surface area contributed by atoms with Crippen molar-refractivity contribution in [3.8, 4) is 5.75 Å². The number of nitrogens with one attached hydrogen (secondary N) is 1. The molecule has 0 amide bonds. The number of nitrogens with zero attached hydrogens (tertiary/aromatic N) is 1. The first-order valence-electron chi connectivity index (χ1n) is 7.13. The summed E-state index contributed by atoms with van der Waals surface area (Å²) in [5.41, 5.74) is 1.34. The van der Waals surface area contributed by atoms with Gasteiger partial charge >= 0.3 is 0 Å². The zero-order valence-corrected chi connectivity index (χ0v) is 10.6. The van der Waals surface area contributed by atoms with Crippen LogP contribution in [0.3, 0.4) is 0 Å². The van der Waals surface area contributed by atoms with Gasteiger partial charge in [0.05, 0.1) is 6.04 Å². The molecule has 0 aliphatic carbocycles. The van der Waals surface area contributed by atoms with Crippen molar-refractivity contribution in [1.29, 1.82) is 0 Å². The smallest absolute Gasteiger partial charge is 0.124 e. The van der Waals surface area contributed by atoms with E-state index in [0.29, 0.717) is 12.1 Å². The molecule has 1 aromatic carbocycles. The summed E-state index contributed by atoms with van der Waals surface area (Å²) in [7, 11) is 0. The van der Waals surface area contributed by atoms with Gasteiger partial charge in [-0.3, -0.25) is 4.90 Å². The molecule has 3 heterocycles. The highest BCUT2D eigenvalue weighted by atomic mass is 16.5. The summed E-state index contributed by atoms with van der Waals surface area (Å²) in [5.74, 6) is 1.07. The maximum absolute atomic E-state index is 5.76. The molecule has 3 heteroatoms. The summed E-state index contributed by atoms with van der Waals surface area (Å²) in [6.45, 7) is 3.38. The molecular weight excluding hydrogens is 224 g/mol. The molecule has 0 radical (unpaired) electrons. The van der Waals surface area contributed by atoms with Gasteiger partial charge in [0.1, 0.15) is 12.4 Å². The van der Waals surface area contributed by atoms with Crippen LogP contribution in [0.1, 0.15) is 30.9 Å². The molecular formula is C15H20N2O. The SMILES string of the molecule is c1ccc2c(c1)OCC2NC1CCN2CCCC12. The predicted molar refractivity (Wildman–Crippen MR) is 70.8 cm³/mol. The minimum atomic E-state index is 0.395. The fourth-order valence-corrected chi connectivity index (χ4v) is 3.84. The Morgan fingerprint density at radius 1 is 1.17 bits per heavy atom. The maximum atomic E-state index is 5.76. The minimum absolute atomic E-state index is 0.395. The number of benzene rings is 1. The summed E-state index contributed by atoms with van der Waals surface area (Å²) >= 11 is 0. The first-order chi connectivity index (χ1) is 8.92. The Morgan fingerprint density at radius 3 is 3.11 bits per heavy atom. The third kappa shape index (κ3) is 1.65. The van der Waals surface area contributed by atoms with Crippen LogP contribution >= 0.6 is 0 Å². The lowest BCUT2D eigenvalue weighted by atomic mass is 10.0. The largest absolute Gasteiger partial charge is 0.491 e. The number of hydrogen-bond acceptors (Lipinski definition) is 3. The van der Waals surface area contributed by atoms with E-state index in [-0.39, 0.29) is 0 Å². The Kier molecular flexibility index (Phi) is 2.55. The second-order valence-electron chi connectivity index (χ2n) is 5.71. The topological polar surface area (TPSA) is 24.5 Å². The van der Waals surface area contributed by atoms with E-state index in [1.54, 1.807) is 0 Å². The van der Waals surface area contributed by atoms with Gasteiger partial charge in [-0.1, -0.05) is 18.2 Å². The second kappa shape index (κ2) is 4.25. The van der Waals surface area contributed by atoms with E-state index in [1.165, 1.54) is 37.9 Å². The molecule has 0 bridgehead atoms. The molecule has 4 rings (SSSR count). The molecule has 3 aliphatic heterocycles. The third-order valence-electron chi connectivity index (χ3n) is 4.72. The minimum Gasteiger partial charge on any atom is -0.491 e. The van der Waals surface area contributed by atoms with Crippen LogP contribution in [0.25, 0.3) is 0 Å². The van der Waals surface area contributed by atoms with Gasteiger partial charge in [0.2, 0.25) is 0 Å². The molecule has 3 nitrogen and oxygen atoms in total. The molecule has 3 aliphatic rings. The highest BCUT2D eigenvalue weighted by molar-refractivity contribution is 5.39. The molecule has 0 spiro atoms. The van der Waals surface area contributed by atoms with Crippen LogP contribution in [0.2, 0.25) is 0 Å². The lowest BCUT2D eigenvalue weighted by Gasteiger charge is -2.24. The summed E-state index contributed by atoms with van der Waals surface area (Å²) in [4.78, 5) is 2.65. The van der Waals surface area contributed by atoms with Gasteiger partial charge in [0.15, 0.2) is 0 Å². The van der Waals surface area contributed by atoms with Gasteiger partial charge in [0.25, 0.3) is 0 Å². The normalized spacial score (nSPS) is 34.3. The average molecular weight is 244 g/mol. The molecule has 2 saturated heterocycles. The first kappa shape index (κ1) is 10.8. The Balaban J connectivity index is 1.50. The van der Waals surface area contributed by atoms with Crippen molar-refractivity contribution < 1.29 is 4.74 Å². The fraction of sp³-hybridized carbons (Fsp3) is 0.600. The van der Waals surface area contributed by atoms with Crippen LogP contribution in [0.5, 0.6) is 5.75 Å². The zero-order valence-electron chi connectivity index (χ0n) is 10.6. The predicted octanol–water partition coefficient (Wildman–Crippen LogP) is 1.95. The molecule has 1 N–H and O–H groups in total.